The van der Waals surface area contributed by atoms with E-state index in [0.717, 1.165) is 0 Å². The Labute approximate surface area is 176 Å². The number of aromatic hydroxyl groups is 1. The van der Waals surface area contributed by atoms with Gasteiger partial charge in [0, 0.05) is 17.5 Å². The summed E-state index contributed by atoms with van der Waals surface area (Å²) in [5.74, 6) is -0.952. The number of benzene rings is 2. The van der Waals surface area contributed by atoms with E-state index in [9.17, 15) is 19.5 Å². The highest BCUT2D eigenvalue weighted by molar-refractivity contribution is 6.09. The molecule has 1 atom stereocenters. The summed E-state index contributed by atoms with van der Waals surface area (Å²) in [6.45, 7) is 3.76. The second-order valence-electron chi connectivity index (χ2n) is 7.61. The molecule has 8 heteroatoms. The molecule has 2 aromatic carbocycles. The van der Waals surface area contributed by atoms with Gasteiger partial charge in [0.25, 0.3) is 0 Å². The second-order valence-corrected chi connectivity index (χ2v) is 7.61. The molecule has 8 nitrogen and oxygen atoms in total. The molecule has 1 N–H and O–H groups in total. The number of fused-ring (bicyclic) bond motifs is 4. The Morgan fingerprint density at radius 1 is 1.10 bits per heavy atom. The number of hydrogen-bond acceptors (Lipinski definition) is 8. The van der Waals surface area contributed by atoms with Crippen LogP contribution in [0.2, 0.25) is 0 Å². The molecule has 0 amide bonds. The molecule has 158 valence electrons. The van der Waals surface area contributed by atoms with Gasteiger partial charge in [-0.05, 0) is 37.1 Å². The minimum absolute atomic E-state index is 0.0402. The standard InChI is InChI=1S/C23H18O8/c1-10-7-16(25)30-22-18(10)21(27)19(11(2)24)23-20(22)13(9-17(26)31-23)12-3-4-14-15(8-12)29-6-5-28-14/h3-4,7-8,13,27H,5-6,9H2,1-2H3/t13-/m1/s1. The summed E-state index contributed by atoms with van der Waals surface area (Å²) >= 11 is 0. The van der Waals surface area contributed by atoms with Crippen molar-refractivity contribution in [3.05, 3.63) is 56.9 Å². The van der Waals surface area contributed by atoms with Crippen LogP contribution in [0.3, 0.4) is 0 Å². The van der Waals surface area contributed by atoms with Gasteiger partial charge in [-0.2, -0.15) is 0 Å². The van der Waals surface area contributed by atoms with E-state index in [0.29, 0.717) is 41.4 Å². The molecule has 0 unspecified atom stereocenters. The number of carbonyl (C=O) groups is 2. The maximum atomic E-state index is 12.5. The Balaban J connectivity index is 1.86. The molecule has 1 aromatic heterocycles. The number of ether oxygens (including phenoxy) is 3. The largest absolute Gasteiger partial charge is 0.506 e. The van der Waals surface area contributed by atoms with Gasteiger partial charge in [-0.25, -0.2) is 4.79 Å². The van der Waals surface area contributed by atoms with Crippen molar-refractivity contribution in [1.29, 1.82) is 0 Å². The van der Waals surface area contributed by atoms with E-state index in [1.165, 1.54) is 13.0 Å². The van der Waals surface area contributed by atoms with Crippen LogP contribution in [-0.4, -0.2) is 30.1 Å². The van der Waals surface area contributed by atoms with E-state index < -0.39 is 23.3 Å². The zero-order chi connectivity index (χ0) is 21.9. The van der Waals surface area contributed by atoms with E-state index in [-0.39, 0.29) is 34.5 Å². The number of rotatable bonds is 2. The average molecular weight is 422 g/mol. The molecule has 0 saturated heterocycles. The Bertz CT molecular complexity index is 1330. The highest BCUT2D eigenvalue weighted by Crippen LogP contribution is 2.50. The van der Waals surface area contributed by atoms with Gasteiger partial charge in [0.15, 0.2) is 23.0 Å². The average Bonchev–Trinajstić information content (AvgIpc) is 2.71. The molecule has 31 heavy (non-hydrogen) atoms. The molecule has 3 heterocycles. The van der Waals surface area contributed by atoms with Gasteiger partial charge in [-0.1, -0.05) is 6.07 Å². The molecule has 3 aromatic rings. The third-order valence-corrected chi connectivity index (χ3v) is 5.60. The Morgan fingerprint density at radius 3 is 2.58 bits per heavy atom. The number of aryl methyl sites for hydroxylation is 1. The summed E-state index contributed by atoms with van der Waals surface area (Å²) in [5.41, 5.74) is 0.889. The third kappa shape index (κ3) is 2.94. The van der Waals surface area contributed by atoms with Crippen LogP contribution in [0.5, 0.6) is 23.0 Å². The molecule has 0 spiro atoms. The van der Waals surface area contributed by atoms with Gasteiger partial charge < -0.3 is 23.7 Å². The van der Waals surface area contributed by atoms with Gasteiger partial charge in [-0.3, -0.25) is 9.59 Å². The maximum Gasteiger partial charge on any atom is 0.336 e. The van der Waals surface area contributed by atoms with Crippen molar-refractivity contribution < 1.29 is 33.3 Å². The number of hydrogen-bond donors (Lipinski definition) is 1. The van der Waals surface area contributed by atoms with Gasteiger partial charge in [-0.15, -0.1) is 0 Å². The van der Waals surface area contributed by atoms with Crippen molar-refractivity contribution in [2.24, 2.45) is 0 Å². The summed E-state index contributed by atoms with van der Waals surface area (Å²) in [6.07, 6.45) is -0.0402. The predicted molar refractivity (Wildman–Crippen MR) is 108 cm³/mol. The number of ketones is 1. The third-order valence-electron chi connectivity index (χ3n) is 5.60. The number of phenolic OH excluding ortho intramolecular Hbond substituents is 1. The summed E-state index contributed by atoms with van der Waals surface area (Å²) in [7, 11) is 0. The number of esters is 1. The van der Waals surface area contributed by atoms with Crippen LogP contribution in [0.15, 0.2) is 33.5 Å². The van der Waals surface area contributed by atoms with Gasteiger partial charge >= 0.3 is 11.6 Å². The first-order chi connectivity index (χ1) is 14.8. The van der Waals surface area contributed by atoms with E-state index in [1.807, 2.05) is 0 Å². The quantitative estimate of drug-likeness (QED) is 0.290. The van der Waals surface area contributed by atoms with Crippen molar-refractivity contribution >= 4 is 22.7 Å². The lowest BCUT2D eigenvalue weighted by atomic mass is 9.82. The number of carbonyl (C=O) groups excluding carboxylic acids is 2. The van der Waals surface area contributed by atoms with Crippen LogP contribution in [0, 0.1) is 6.92 Å². The van der Waals surface area contributed by atoms with Gasteiger partial charge in [0.05, 0.1) is 11.8 Å². The fourth-order valence-corrected chi connectivity index (χ4v) is 4.30. The van der Waals surface area contributed by atoms with Gasteiger partial charge in [0.2, 0.25) is 0 Å². The molecule has 0 saturated carbocycles. The summed E-state index contributed by atoms with van der Waals surface area (Å²) < 4.78 is 22.1. The van der Waals surface area contributed by atoms with Crippen LogP contribution >= 0.6 is 0 Å². The van der Waals surface area contributed by atoms with Crippen LogP contribution < -0.4 is 19.8 Å². The Hall–Kier alpha value is -3.81. The van der Waals surface area contributed by atoms with Crippen molar-refractivity contribution in [2.45, 2.75) is 26.2 Å². The van der Waals surface area contributed by atoms with E-state index in [2.05, 4.69) is 0 Å². The topological polar surface area (TPSA) is 112 Å². The monoisotopic (exact) mass is 422 g/mol. The highest BCUT2D eigenvalue weighted by Gasteiger charge is 2.37. The molecule has 0 radical (unpaired) electrons. The molecular formula is C23H18O8. The van der Waals surface area contributed by atoms with Crippen molar-refractivity contribution in [2.75, 3.05) is 13.2 Å². The zero-order valence-corrected chi connectivity index (χ0v) is 16.8. The van der Waals surface area contributed by atoms with E-state index in [4.69, 9.17) is 18.6 Å². The molecular weight excluding hydrogens is 404 g/mol. The van der Waals surface area contributed by atoms with Crippen LogP contribution in [0.25, 0.3) is 11.0 Å². The summed E-state index contributed by atoms with van der Waals surface area (Å²) in [6, 6.07) is 6.55. The predicted octanol–water partition coefficient (Wildman–Crippen LogP) is 3.22. The SMILES string of the molecule is CC(=O)c1c2c(c3oc(=O)cc(C)c3c1O)[C@@H](c1ccc3c(c1)OCCO3)CC(=O)O2. The van der Waals surface area contributed by atoms with Crippen molar-refractivity contribution in [3.63, 3.8) is 0 Å². The molecule has 0 bridgehead atoms. The highest BCUT2D eigenvalue weighted by atomic mass is 16.6. The van der Waals surface area contributed by atoms with Gasteiger partial charge in [0.1, 0.15) is 30.1 Å². The maximum absolute atomic E-state index is 12.5. The first kappa shape index (κ1) is 19.2. The van der Waals surface area contributed by atoms with Crippen molar-refractivity contribution in [3.8, 4) is 23.0 Å². The Kier molecular flexibility index (Phi) is 4.25. The second kappa shape index (κ2) is 6.87. The molecule has 0 aliphatic carbocycles. The van der Waals surface area contributed by atoms with Crippen LogP contribution in [0.1, 0.15) is 46.3 Å². The fraction of sp³-hybridized carbons (Fsp3) is 0.261. The molecule has 2 aliphatic rings. The molecule has 0 fully saturated rings. The zero-order valence-electron chi connectivity index (χ0n) is 16.8. The van der Waals surface area contributed by atoms with E-state index in [1.54, 1.807) is 25.1 Å². The van der Waals surface area contributed by atoms with Crippen LogP contribution in [-0.2, 0) is 4.79 Å². The van der Waals surface area contributed by atoms with Crippen LogP contribution in [0.4, 0.5) is 0 Å². The lowest BCUT2D eigenvalue weighted by Gasteiger charge is -2.28. The minimum Gasteiger partial charge on any atom is -0.506 e. The fourth-order valence-electron chi connectivity index (χ4n) is 4.30. The molecule has 2 aliphatic heterocycles. The lowest BCUT2D eigenvalue weighted by molar-refractivity contribution is -0.135. The van der Waals surface area contributed by atoms with E-state index >= 15 is 0 Å². The first-order valence-corrected chi connectivity index (χ1v) is 9.79. The molecule has 5 rings (SSSR count). The number of phenols is 1. The number of Topliss-reactive ketones (excluding diaryl/α,β-unsaturated/α-hetero) is 1. The normalized spacial score (nSPS) is 17.2. The first-order valence-electron chi connectivity index (χ1n) is 9.79. The summed E-state index contributed by atoms with van der Waals surface area (Å²) in [5, 5.41) is 11.1. The smallest absolute Gasteiger partial charge is 0.336 e. The lowest BCUT2D eigenvalue weighted by Crippen LogP contribution is -2.24. The Morgan fingerprint density at radius 2 is 1.84 bits per heavy atom. The van der Waals surface area contributed by atoms with Crippen molar-refractivity contribution in [1.82, 2.24) is 0 Å². The summed E-state index contributed by atoms with van der Waals surface area (Å²) in [4.78, 5) is 37.1. The minimum atomic E-state index is -0.611.